The Kier molecular flexibility index (Phi) is 6.08. The zero-order valence-electron chi connectivity index (χ0n) is 12.1. The van der Waals surface area contributed by atoms with Crippen LogP contribution in [0.25, 0.3) is 0 Å². The smallest absolute Gasteiger partial charge is 0.200 e. The molecule has 0 bridgehead atoms. The molecule has 8 heteroatoms. The van der Waals surface area contributed by atoms with Gasteiger partial charge in [-0.05, 0) is 42.8 Å². The molecule has 0 fully saturated rings. The molecule has 0 amide bonds. The van der Waals surface area contributed by atoms with Crippen LogP contribution in [0.3, 0.4) is 0 Å². The average molecular weight is 436 g/mol. The molecule has 0 aliphatic heterocycles. The number of benzene rings is 2. The van der Waals surface area contributed by atoms with Crippen molar-refractivity contribution in [1.82, 2.24) is 4.83 Å². The molecule has 0 unspecified atom stereocenters. The first-order valence-corrected chi connectivity index (χ1v) is 9.66. The molecule has 122 valence electrons. The molecule has 0 aliphatic carbocycles. The number of nitrogens with zero attached hydrogens (tertiary/aromatic N) is 1. The van der Waals surface area contributed by atoms with Crippen LogP contribution in [0.2, 0.25) is 10.0 Å². The average Bonchev–Trinajstić information content (AvgIpc) is 2.50. The summed E-state index contributed by atoms with van der Waals surface area (Å²) >= 11 is 15.3. The van der Waals surface area contributed by atoms with E-state index in [0.29, 0.717) is 27.7 Å². The molecule has 0 saturated carbocycles. The molecule has 0 heterocycles. The van der Waals surface area contributed by atoms with E-state index in [9.17, 15) is 8.42 Å². The van der Waals surface area contributed by atoms with Gasteiger partial charge in [-0.1, -0.05) is 52.1 Å². The van der Waals surface area contributed by atoms with Crippen molar-refractivity contribution in [1.29, 1.82) is 0 Å². The van der Waals surface area contributed by atoms with Gasteiger partial charge in [0.1, 0.15) is 0 Å². The molecule has 0 radical (unpaired) electrons. The first kappa shape index (κ1) is 18.3. The van der Waals surface area contributed by atoms with Crippen LogP contribution in [0.15, 0.2) is 56.9 Å². The van der Waals surface area contributed by atoms with E-state index in [1.54, 1.807) is 30.3 Å². The standard InChI is InChI=1S/C15H13BrCl2N2O2S/c1-2-15(13-8-5-11(17)9-14(13)18)19-20-23(21,22)12-6-3-10(16)4-7-12/h3-9,20H,2H2,1H3/b19-15-. The number of hydrogen-bond acceptors (Lipinski definition) is 3. The Labute approximate surface area is 153 Å². The first-order chi connectivity index (χ1) is 10.8. The quantitative estimate of drug-likeness (QED) is 0.539. The highest BCUT2D eigenvalue weighted by molar-refractivity contribution is 9.10. The van der Waals surface area contributed by atoms with E-state index in [0.717, 1.165) is 4.47 Å². The van der Waals surface area contributed by atoms with E-state index in [2.05, 4.69) is 25.9 Å². The van der Waals surface area contributed by atoms with Crippen molar-refractivity contribution in [2.24, 2.45) is 5.10 Å². The first-order valence-electron chi connectivity index (χ1n) is 6.63. The van der Waals surface area contributed by atoms with Gasteiger partial charge in [-0.15, -0.1) is 0 Å². The molecule has 2 aromatic rings. The topological polar surface area (TPSA) is 58.5 Å². The maximum Gasteiger partial charge on any atom is 0.276 e. The fraction of sp³-hybridized carbons (Fsp3) is 0.133. The summed E-state index contributed by atoms with van der Waals surface area (Å²) in [6.45, 7) is 1.86. The van der Waals surface area contributed by atoms with Crippen molar-refractivity contribution >= 4 is 54.9 Å². The third-order valence-corrected chi connectivity index (χ3v) is 5.30. The minimum atomic E-state index is -3.74. The van der Waals surface area contributed by atoms with Gasteiger partial charge in [0, 0.05) is 15.1 Å². The van der Waals surface area contributed by atoms with E-state index in [1.807, 2.05) is 6.92 Å². The summed E-state index contributed by atoms with van der Waals surface area (Å²) in [6, 6.07) is 11.3. The van der Waals surface area contributed by atoms with Crippen molar-refractivity contribution in [2.45, 2.75) is 18.2 Å². The van der Waals surface area contributed by atoms with Crippen LogP contribution < -0.4 is 4.83 Å². The van der Waals surface area contributed by atoms with Crippen LogP contribution in [-0.4, -0.2) is 14.1 Å². The van der Waals surface area contributed by atoms with Crippen LogP contribution in [0.1, 0.15) is 18.9 Å². The van der Waals surface area contributed by atoms with Gasteiger partial charge < -0.3 is 0 Å². The van der Waals surface area contributed by atoms with Crippen LogP contribution in [0.5, 0.6) is 0 Å². The molecule has 0 aromatic heterocycles. The highest BCUT2D eigenvalue weighted by atomic mass is 79.9. The Bertz CT molecular complexity index is 837. The Morgan fingerprint density at radius 2 is 1.83 bits per heavy atom. The maximum absolute atomic E-state index is 12.2. The summed E-state index contributed by atoms with van der Waals surface area (Å²) in [5.74, 6) is 0. The SMILES string of the molecule is CC/C(=N/NS(=O)(=O)c1ccc(Br)cc1)c1ccc(Cl)cc1Cl. The van der Waals surface area contributed by atoms with Gasteiger partial charge in [0.25, 0.3) is 10.0 Å². The van der Waals surface area contributed by atoms with Crippen molar-refractivity contribution in [2.75, 3.05) is 0 Å². The minimum absolute atomic E-state index is 0.127. The minimum Gasteiger partial charge on any atom is -0.200 e. The molecule has 2 rings (SSSR count). The molecule has 0 atom stereocenters. The normalized spacial score (nSPS) is 12.3. The van der Waals surface area contributed by atoms with Crippen molar-refractivity contribution in [3.63, 3.8) is 0 Å². The summed E-state index contributed by atoms with van der Waals surface area (Å²) in [5, 5.41) is 4.93. The predicted octanol–water partition coefficient (Wildman–Crippen LogP) is 4.85. The molecule has 0 saturated heterocycles. The van der Waals surface area contributed by atoms with Gasteiger partial charge in [0.05, 0.1) is 15.6 Å². The number of halogens is 3. The summed E-state index contributed by atoms with van der Waals surface area (Å²) < 4.78 is 25.3. The lowest BCUT2D eigenvalue weighted by atomic mass is 10.1. The van der Waals surface area contributed by atoms with E-state index in [4.69, 9.17) is 23.2 Å². The summed E-state index contributed by atoms with van der Waals surface area (Å²) in [7, 11) is -3.74. The van der Waals surface area contributed by atoms with Gasteiger partial charge in [0.2, 0.25) is 0 Å². The van der Waals surface area contributed by atoms with Gasteiger partial charge in [0.15, 0.2) is 0 Å². The number of nitrogens with one attached hydrogen (secondary N) is 1. The highest BCUT2D eigenvalue weighted by Gasteiger charge is 2.14. The predicted molar refractivity (Wildman–Crippen MR) is 97.8 cm³/mol. The monoisotopic (exact) mass is 434 g/mol. The molecule has 23 heavy (non-hydrogen) atoms. The highest BCUT2D eigenvalue weighted by Crippen LogP contribution is 2.22. The zero-order valence-corrected chi connectivity index (χ0v) is 16.0. The lowest BCUT2D eigenvalue weighted by Crippen LogP contribution is -2.20. The Morgan fingerprint density at radius 3 is 2.39 bits per heavy atom. The third-order valence-electron chi connectivity index (χ3n) is 3.00. The van der Waals surface area contributed by atoms with Gasteiger partial charge in [-0.25, -0.2) is 0 Å². The maximum atomic E-state index is 12.2. The summed E-state index contributed by atoms with van der Waals surface area (Å²) in [4.78, 5) is 2.37. The van der Waals surface area contributed by atoms with Crippen LogP contribution in [0, 0.1) is 0 Å². The fourth-order valence-electron chi connectivity index (χ4n) is 1.83. The van der Waals surface area contributed by atoms with Crippen molar-refractivity contribution in [3.05, 3.63) is 62.5 Å². The summed E-state index contributed by atoms with van der Waals surface area (Å²) in [6.07, 6.45) is 0.504. The molecular formula is C15H13BrCl2N2O2S. The molecule has 0 spiro atoms. The van der Waals surface area contributed by atoms with E-state index in [1.165, 1.54) is 12.1 Å². The Hall–Kier alpha value is -1.08. The number of sulfonamides is 1. The van der Waals surface area contributed by atoms with Crippen LogP contribution in [0.4, 0.5) is 0 Å². The van der Waals surface area contributed by atoms with Crippen LogP contribution in [-0.2, 0) is 10.0 Å². The Balaban J connectivity index is 2.30. The van der Waals surface area contributed by atoms with Gasteiger partial charge >= 0.3 is 0 Å². The molecule has 1 N–H and O–H groups in total. The number of hydrazone groups is 1. The van der Waals surface area contributed by atoms with Crippen LogP contribution >= 0.6 is 39.1 Å². The van der Waals surface area contributed by atoms with Crippen molar-refractivity contribution < 1.29 is 8.42 Å². The van der Waals surface area contributed by atoms with E-state index < -0.39 is 10.0 Å². The molecule has 2 aromatic carbocycles. The van der Waals surface area contributed by atoms with E-state index >= 15 is 0 Å². The second-order valence-electron chi connectivity index (χ2n) is 4.58. The second-order valence-corrected chi connectivity index (χ2v) is 8.01. The lowest BCUT2D eigenvalue weighted by molar-refractivity contribution is 0.584. The molecule has 0 aliphatic rings. The fourth-order valence-corrected chi connectivity index (χ4v) is 3.45. The number of hydrogen-bond donors (Lipinski definition) is 1. The molecule has 4 nitrogen and oxygen atoms in total. The van der Waals surface area contributed by atoms with Gasteiger partial charge in [-0.2, -0.15) is 18.4 Å². The number of rotatable bonds is 5. The lowest BCUT2D eigenvalue weighted by Gasteiger charge is -2.09. The van der Waals surface area contributed by atoms with Crippen molar-refractivity contribution in [3.8, 4) is 0 Å². The van der Waals surface area contributed by atoms with E-state index in [-0.39, 0.29) is 4.90 Å². The van der Waals surface area contributed by atoms with Gasteiger partial charge in [-0.3, -0.25) is 0 Å². The zero-order chi connectivity index (χ0) is 17.0. The molecular weight excluding hydrogens is 423 g/mol. The third kappa shape index (κ3) is 4.70. The summed E-state index contributed by atoms with van der Waals surface area (Å²) in [5.41, 5.74) is 1.16. The Morgan fingerprint density at radius 1 is 1.17 bits per heavy atom. The second kappa shape index (κ2) is 7.66. The largest absolute Gasteiger partial charge is 0.276 e.